The third-order valence-electron chi connectivity index (χ3n) is 1.55. The minimum absolute atomic E-state index is 0. The van der Waals surface area contributed by atoms with E-state index in [0.717, 1.165) is 16.6 Å². The summed E-state index contributed by atoms with van der Waals surface area (Å²) in [6, 6.07) is 5.93. The monoisotopic (exact) mass is 258 g/mol. The molecule has 16 heavy (non-hydrogen) atoms. The summed E-state index contributed by atoms with van der Waals surface area (Å²) in [6.45, 7) is 10.3. The van der Waals surface area contributed by atoms with Crippen LogP contribution in [-0.2, 0) is 18.6 Å². The van der Waals surface area contributed by atoms with Gasteiger partial charge in [0.05, 0.1) is 0 Å². The number of hydrogen-bond acceptors (Lipinski definition) is 2. The van der Waals surface area contributed by atoms with Gasteiger partial charge in [-0.2, -0.15) is 15.4 Å². The fourth-order valence-corrected chi connectivity index (χ4v) is 1.01. The first-order chi connectivity index (χ1) is 7.29. The number of para-hydroxylation sites is 1. The van der Waals surface area contributed by atoms with E-state index in [1.807, 2.05) is 39.0 Å². The summed E-state index contributed by atoms with van der Waals surface area (Å²) in [5.41, 5.74) is 3.05. The molecule has 4 heteroatoms. The molecule has 1 aromatic carbocycles. The number of rotatable bonds is 0. The molecule has 0 saturated carbocycles. The van der Waals surface area contributed by atoms with Crippen LogP contribution in [0.1, 0.15) is 39.7 Å². The largest absolute Gasteiger partial charge is 0.197 e. The topological polar surface area (TPSA) is 41.6 Å². The van der Waals surface area contributed by atoms with Gasteiger partial charge in [0.15, 0.2) is 0 Å². The molecular formula is C12H21N3V. The second kappa shape index (κ2) is 10.7. The van der Waals surface area contributed by atoms with Gasteiger partial charge in [0, 0.05) is 18.6 Å². The van der Waals surface area contributed by atoms with Gasteiger partial charge in [0.2, 0.25) is 0 Å². The Hall–Kier alpha value is -0.796. The van der Waals surface area contributed by atoms with Crippen molar-refractivity contribution in [3.05, 3.63) is 23.8 Å². The number of H-pyrrole nitrogens is 1. The number of aromatic amines is 1. The molecule has 0 fully saturated rings. The Labute approximate surface area is 110 Å². The summed E-state index contributed by atoms with van der Waals surface area (Å²) in [7, 11) is 0. The van der Waals surface area contributed by atoms with E-state index in [9.17, 15) is 0 Å². The van der Waals surface area contributed by atoms with Crippen LogP contribution >= 0.6 is 0 Å². The molecule has 3 nitrogen and oxygen atoms in total. The van der Waals surface area contributed by atoms with Crippen LogP contribution in [-0.4, -0.2) is 15.4 Å². The van der Waals surface area contributed by atoms with E-state index in [0.29, 0.717) is 0 Å². The van der Waals surface area contributed by atoms with E-state index in [2.05, 4.69) is 29.3 Å². The van der Waals surface area contributed by atoms with Gasteiger partial charge in [-0.3, -0.25) is 0 Å². The first-order valence-electron chi connectivity index (χ1n) is 5.55. The Morgan fingerprint density at radius 1 is 1.12 bits per heavy atom. The van der Waals surface area contributed by atoms with Crippen molar-refractivity contribution in [2.45, 2.75) is 41.0 Å². The number of aromatic nitrogens is 3. The summed E-state index contributed by atoms with van der Waals surface area (Å²) in [5.74, 6) is 0. The summed E-state index contributed by atoms with van der Waals surface area (Å²) in [6.07, 6.45) is 1.25. The van der Waals surface area contributed by atoms with Crippen LogP contribution in [0.4, 0.5) is 0 Å². The van der Waals surface area contributed by atoms with E-state index in [4.69, 9.17) is 0 Å². The van der Waals surface area contributed by atoms with Crippen LogP contribution < -0.4 is 0 Å². The third kappa shape index (κ3) is 5.33. The van der Waals surface area contributed by atoms with Gasteiger partial charge in [-0.05, 0) is 18.6 Å². The van der Waals surface area contributed by atoms with Gasteiger partial charge in [-0.1, -0.05) is 46.2 Å². The first kappa shape index (κ1) is 17.6. The van der Waals surface area contributed by atoms with Crippen LogP contribution in [0.3, 0.4) is 0 Å². The molecule has 1 radical (unpaired) electrons. The van der Waals surface area contributed by atoms with Crippen molar-refractivity contribution in [1.29, 1.82) is 0 Å². The van der Waals surface area contributed by atoms with Crippen LogP contribution in [0, 0.1) is 6.92 Å². The Morgan fingerprint density at radius 2 is 1.69 bits per heavy atom. The Kier molecular flexibility index (Phi) is 11.8. The van der Waals surface area contributed by atoms with Crippen molar-refractivity contribution in [2.24, 2.45) is 0 Å². The molecule has 0 aliphatic heterocycles. The van der Waals surface area contributed by atoms with E-state index < -0.39 is 0 Å². The zero-order chi connectivity index (χ0) is 11.7. The van der Waals surface area contributed by atoms with Gasteiger partial charge < -0.3 is 0 Å². The fraction of sp³-hybridized carbons (Fsp3) is 0.500. The summed E-state index contributed by atoms with van der Waals surface area (Å²) in [4.78, 5) is 0. The third-order valence-corrected chi connectivity index (χ3v) is 1.55. The SMILES string of the molecule is CC.CCC.Cc1cccc2n[nH]nc12.[V]. The Bertz CT molecular complexity index is 371. The van der Waals surface area contributed by atoms with Crippen LogP contribution in [0.2, 0.25) is 0 Å². The molecule has 1 aromatic heterocycles. The van der Waals surface area contributed by atoms with Crippen molar-refractivity contribution >= 4 is 11.0 Å². The maximum Gasteiger partial charge on any atom is 0.115 e. The molecule has 0 aliphatic rings. The van der Waals surface area contributed by atoms with Crippen LogP contribution in [0.15, 0.2) is 18.2 Å². The molecule has 0 aliphatic carbocycles. The minimum atomic E-state index is 0. The molecule has 1 heterocycles. The normalized spacial score (nSPS) is 8.06. The first-order valence-corrected chi connectivity index (χ1v) is 5.55. The number of nitrogens with one attached hydrogen (secondary N) is 1. The average molecular weight is 258 g/mol. The minimum Gasteiger partial charge on any atom is -0.197 e. The molecule has 0 saturated heterocycles. The molecule has 2 aromatic rings. The van der Waals surface area contributed by atoms with Crippen molar-refractivity contribution in [3.63, 3.8) is 0 Å². The van der Waals surface area contributed by atoms with Crippen molar-refractivity contribution in [2.75, 3.05) is 0 Å². The van der Waals surface area contributed by atoms with Gasteiger partial charge in [0.1, 0.15) is 11.0 Å². The maximum absolute atomic E-state index is 3.98. The summed E-state index contributed by atoms with van der Waals surface area (Å²) in [5, 5.41) is 10.5. The molecular weight excluding hydrogens is 237 g/mol. The van der Waals surface area contributed by atoms with Crippen molar-refractivity contribution in [1.82, 2.24) is 15.4 Å². The van der Waals surface area contributed by atoms with E-state index in [1.54, 1.807) is 0 Å². The quantitative estimate of drug-likeness (QED) is 0.782. The molecule has 89 valence electrons. The molecule has 0 atom stereocenters. The van der Waals surface area contributed by atoms with Crippen molar-refractivity contribution in [3.8, 4) is 0 Å². The van der Waals surface area contributed by atoms with Gasteiger partial charge in [-0.15, -0.1) is 0 Å². The Morgan fingerprint density at radius 3 is 2.19 bits per heavy atom. The number of benzene rings is 1. The maximum atomic E-state index is 3.98. The molecule has 0 amide bonds. The summed E-state index contributed by atoms with van der Waals surface area (Å²) < 4.78 is 0. The zero-order valence-corrected chi connectivity index (χ0v) is 12.2. The predicted octanol–water partition coefficient (Wildman–Crippen LogP) is 3.71. The van der Waals surface area contributed by atoms with Crippen LogP contribution in [0.5, 0.6) is 0 Å². The second-order valence-electron chi connectivity index (χ2n) is 2.97. The van der Waals surface area contributed by atoms with Gasteiger partial charge in [-0.25, -0.2) is 0 Å². The van der Waals surface area contributed by atoms with E-state index in [-0.39, 0.29) is 18.6 Å². The number of aryl methyl sites for hydroxylation is 1. The van der Waals surface area contributed by atoms with Gasteiger partial charge >= 0.3 is 0 Å². The Balaban J connectivity index is 0. The smallest absolute Gasteiger partial charge is 0.115 e. The standard InChI is InChI=1S/C7H7N3.C3H8.C2H6.V/c1-5-3-2-4-6-7(5)9-10-8-6;1-3-2;1-2;/h2-4H,1H3,(H,8,9,10);3H2,1-2H3;1-2H3;. The molecule has 1 N–H and O–H groups in total. The van der Waals surface area contributed by atoms with Crippen LogP contribution in [0.25, 0.3) is 11.0 Å². The van der Waals surface area contributed by atoms with Gasteiger partial charge in [0.25, 0.3) is 0 Å². The van der Waals surface area contributed by atoms with Crippen molar-refractivity contribution < 1.29 is 18.6 Å². The molecule has 0 unspecified atom stereocenters. The second-order valence-corrected chi connectivity index (χ2v) is 2.97. The average Bonchev–Trinajstić information content (AvgIpc) is 2.71. The number of nitrogens with zero attached hydrogens (tertiary/aromatic N) is 2. The number of hydrogen-bond donors (Lipinski definition) is 1. The number of fused-ring (bicyclic) bond motifs is 1. The predicted molar refractivity (Wildman–Crippen MR) is 65.9 cm³/mol. The molecule has 0 spiro atoms. The van der Waals surface area contributed by atoms with E-state index in [1.165, 1.54) is 6.42 Å². The zero-order valence-electron chi connectivity index (χ0n) is 10.8. The van der Waals surface area contributed by atoms with E-state index >= 15 is 0 Å². The fourth-order valence-electron chi connectivity index (χ4n) is 1.01. The molecule has 0 bridgehead atoms. The summed E-state index contributed by atoms with van der Waals surface area (Å²) >= 11 is 0. The molecule has 2 rings (SSSR count).